The van der Waals surface area contributed by atoms with E-state index in [9.17, 15) is 4.79 Å². The lowest BCUT2D eigenvalue weighted by atomic mass is 9.75. The second-order valence-electron chi connectivity index (χ2n) is 4.23. The third kappa shape index (κ3) is 1.66. The fourth-order valence-electron chi connectivity index (χ4n) is 2.05. The molecule has 3 heteroatoms. The van der Waals surface area contributed by atoms with Crippen molar-refractivity contribution in [2.24, 2.45) is 5.41 Å². The molecule has 0 saturated carbocycles. The fraction of sp³-hybridized carbons (Fsp3) is 0.462. The van der Waals surface area contributed by atoms with Crippen molar-refractivity contribution in [2.75, 3.05) is 6.54 Å². The van der Waals surface area contributed by atoms with Crippen LogP contribution in [0.3, 0.4) is 0 Å². The van der Waals surface area contributed by atoms with Gasteiger partial charge in [-0.3, -0.25) is 4.79 Å². The van der Waals surface area contributed by atoms with E-state index in [2.05, 4.69) is 13.8 Å². The minimum absolute atomic E-state index is 0.112. The standard InChI is InChI=1S/C13H17NO2/c1-3-13(4-2)10-14(12(13)15)16-11-8-6-5-7-9-11/h5-9H,3-4,10H2,1-2H3. The van der Waals surface area contributed by atoms with E-state index >= 15 is 0 Å². The average molecular weight is 219 g/mol. The Kier molecular flexibility index (Phi) is 2.86. The maximum atomic E-state index is 12.0. The molecule has 16 heavy (non-hydrogen) atoms. The quantitative estimate of drug-likeness (QED) is 0.728. The largest absolute Gasteiger partial charge is 0.377 e. The molecule has 1 aliphatic rings. The van der Waals surface area contributed by atoms with Gasteiger partial charge >= 0.3 is 0 Å². The topological polar surface area (TPSA) is 29.5 Å². The zero-order valence-corrected chi connectivity index (χ0v) is 9.77. The molecule has 0 atom stereocenters. The molecule has 2 rings (SSSR count). The number of amides is 1. The third-order valence-electron chi connectivity index (χ3n) is 3.44. The second-order valence-corrected chi connectivity index (χ2v) is 4.23. The van der Waals surface area contributed by atoms with Crippen molar-refractivity contribution in [3.8, 4) is 5.75 Å². The first kappa shape index (κ1) is 11.0. The van der Waals surface area contributed by atoms with Crippen LogP contribution in [0.4, 0.5) is 0 Å². The molecule has 1 amide bonds. The van der Waals surface area contributed by atoms with Crippen molar-refractivity contribution >= 4 is 5.91 Å². The van der Waals surface area contributed by atoms with E-state index in [1.54, 1.807) is 0 Å². The molecule has 0 aromatic heterocycles. The minimum atomic E-state index is -0.172. The zero-order valence-electron chi connectivity index (χ0n) is 9.77. The maximum absolute atomic E-state index is 12.0. The number of hydroxylamine groups is 2. The van der Waals surface area contributed by atoms with E-state index in [0.29, 0.717) is 6.54 Å². The van der Waals surface area contributed by atoms with Gasteiger partial charge in [-0.15, -0.1) is 0 Å². The first-order valence-electron chi connectivity index (χ1n) is 5.77. The van der Waals surface area contributed by atoms with Crippen LogP contribution in [-0.2, 0) is 4.79 Å². The summed E-state index contributed by atoms with van der Waals surface area (Å²) in [4.78, 5) is 17.5. The lowest BCUT2D eigenvalue weighted by Gasteiger charge is -2.46. The molecule has 0 unspecified atom stereocenters. The van der Waals surface area contributed by atoms with Crippen LogP contribution in [0.25, 0.3) is 0 Å². The first-order valence-corrected chi connectivity index (χ1v) is 5.77. The number of benzene rings is 1. The SMILES string of the molecule is CCC1(CC)CN(Oc2ccccc2)C1=O. The van der Waals surface area contributed by atoms with Crippen molar-refractivity contribution in [1.29, 1.82) is 0 Å². The van der Waals surface area contributed by atoms with E-state index in [-0.39, 0.29) is 11.3 Å². The summed E-state index contributed by atoms with van der Waals surface area (Å²) in [5, 5.41) is 1.46. The molecule has 1 saturated heterocycles. The summed E-state index contributed by atoms with van der Waals surface area (Å²) >= 11 is 0. The van der Waals surface area contributed by atoms with Gasteiger partial charge in [0.15, 0.2) is 5.75 Å². The van der Waals surface area contributed by atoms with Gasteiger partial charge < -0.3 is 4.84 Å². The Morgan fingerprint density at radius 1 is 1.25 bits per heavy atom. The summed E-state index contributed by atoms with van der Waals surface area (Å²) < 4.78 is 0. The highest BCUT2D eigenvalue weighted by Crippen LogP contribution is 2.38. The van der Waals surface area contributed by atoms with E-state index in [1.165, 1.54) is 5.06 Å². The molecule has 0 N–H and O–H groups in total. The summed E-state index contributed by atoms with van der Waals surface area (Å²) in [6, 6.07) is 9.42. The van der Waals surface area contributed by atoms with Crippen molar-refractivity contribution < 1.29 is 9.63 Å². The van der Waals surface area contributed by atoms with Crippen LogP contribution in [0, 0.1) is 5.41 Å². The predicted molar refractivity (Wildman–Crippen MR) is 61.8 cm³/mol. The van der Waals surface area contributed by atoms with Crippen molar-refractivity contribution in [1.82, 2.24) is 5.06 Å². The average Bonchev–Trinajstić information content (AvgIpc) is 2.35. The summed E-state index contributed by atoms with van der Waals surface area (Å²) in [7, 11) is 0. The number of carbonyl (C=O) groups is 1. The molecule has 1 aromatic rings. The van der Waals surface area contributed by atoms with Crippen LogP contribution < -0.4 is 4.84 Å². The van der Waals surface area contributed by atoms with E-state index in [4.69, 9.17) is 4.84 Å². The summed E-state index contributed by atoms with van der Waals surface area (Å²) in [5.41, 5.74) is -0.172. The van der Waals surface area contributed by atoms with Gasteiger partial charge in [0, 0.05) is 0 Å². The number of carbonyl (C=O) groups excluding carboxylic acids is 1. The summed E-state index contributed by atoms with van der Waals surface area (Å²) in [5.74, 6) is 0.831. The van der Waals surface area contributed by atoms with Gasteiger partial charge in [0.2, 0.25) is 0 Å². The number of β-lactam (4-membered cyclic amide) rings is 1. The van der Waals surface area contributed by atoms with Crippen molar-refractivity contribution in [3.05, 3.63) is 30.3 Å². The highest BCUT2D eigenvalue weighted by molar-refractivity contribution is 5.87. The minimum Gasteiger partial charge on any atom is -0.377 e. The summed E-state index contributed by atoms with van der Waals surface area (Å²) in [6.45, 7) is 4.82. The number of nitrogens with zero attached hydrogens (tertiary/aromatic N) is 1. The molecule has 3 nitrogen and oxygen atoms in total. The lowest BCUT2D eigenvalue weighted by Crippen LogP contribution is -2.62. The normalized spacial score (nSPS) is 18.1. The first-order chi connectivity index (χ1) is 7.72. The van der Waals surface area contributed by atoms with Crippen LogP contribution in [0.5, 0.6) is 5.75 Å². The Hall–Kier alpha value is -1.51. The monoisotopic (exact) mass is 219 g/mol. The van der Waals surface area contributed by atoms with Gasteiger partial charge in [0.05, 0.1) is 12.0 Å². The van der Waals surface area contributed by atoms with Crippen LogP contribution in [-0.4, -0.2) is 17.5 Å². The van der Waals surface area contributed by atoms with Gasteiger partial charge in [0.25, 0.3) is 5.91 Å². The van der Waals surface area contributed by atoms with E-state index in [0.717, 1.165) is 18.6 Å². The van der Waals surface area contributed by atoms with Crippen LogP contribution in [0.1, 0.15) is 26.7 Å². The van der Waals surface area contributed by atoms with Gasteiger partial charge in [-0.1, -0.05) is 32.0 Å². The van der Waals surface area contributed by atoms with Crippen molar-refractivity contribution in [3.63, 3.8) is 0 Å². The van der Waals surface area contributed by atoms with Gasteiger partial charge in [-0.25, -0.2) is 0 Å². The van der Waals surface area contributed by atoms with E-state index < -0.39 is 0 Å². The molecule has 1 aromatic carbocycles. The molecule has 1 aliphatic heterocycles. The molecule has 1 fully saturated rings. The van der Waals surface area contributed by atoms with Crippen LogP contribution in [0.2, 0.25) is 0 Å². The number of hydrogen-bond donors (Lipinski definition) is 0. The summed E-state index contributed by atoms with van der Waals surface area (Å²) in [6.07, 6.45) is 1.77. The van der Waals surface area contributed by atoms with Crippen molar-refractivity contribution in [2.45, 2.75) is 26.7 Å². The van der Waals surface area contributed by atoms with Crippen LogP contribution in [0.15, 0.2) is 30.3 Å². The Bertz CT molecular complexity index is 371. The molecule has 0 radical (unpaired) electrons. The fourth-order valence-corrected chi connectivity index (χ4v) is 2.05. The highest BCUT2D eigenvalue weighted by Gasteiger charge is 2.51. The molecular weight excluding hydrogens is 202 g/mol. The van der Waals surface area contributed by atoms with Crippen LogP contribution >= 0.6 is 0 Å². The molecule has 0 spiro atoms. The molecule has 0 aliphatic carbocycles. The lowest BCUT2D eigenvalue weighted by molar-refractivity contribution is -0.205. The Morgan fingerprint density at radius 2 is 1.88 bits per heavy atom. The van der Waals surface area contributed by atoms with Gasteiger partial charge in [-0.05, 0) is 25.0 Å². The van der Waals surface area contributed by atoms with Gasteiger partial charge in [-0.2, -0.15) is 5.06 Å². The molecular formula is C13H17NO2. The second kappa shape index (κ2) is 4.16. The molecule has 0 bridgehead atoms. The smallest absolute Gasteiger partial charge is 0.263 e. The van der Waals surface area contributed by atoms with Gasteiger partial charge in [0.1, 0.15) is 0 Å². The molecule has 86 valence electrons. The number of rotatable bonds is 4. The predicted octanol–water partition coefficient (Wildman–Crippen LogP) is 2.63. The van der Waals surface area contributed by atoms with E-state index in [1.807, 2.05) is 30.3 Å². The number of hydrogen-bond acceptors (Lipinski definition) is 2. The Labute approximate surface area is 96.0 Å². The zero-order chi connectivity index (χ0) is 11.6. The molecule has 1 heterocycles. The highest BCUT2D eigenvalue weighted by atomic mass is 16.7. The maximum Gasteiger partial charge on any atom is 0.263 e. The Balaban J connectivity index is 1.99. The number of para-hydroxylation sites is 1. The third-order valence-corrected chi connectivity index (χ3v) is 3.44. The Morgan fingerprint density at radius 3 is 2.38 bits per heavy atom.